The molecule has 2 rings (SSSR count). The summed E-state index contributed by atoms with van der Waals surface area (Å²) in [5, 5.41) is 2.76. The van der Waals surface area contributed by atoms with Gasteiger partial charge in [-0.2, -0.15) is 0 Å². The Balaban J connectivity index is 1.94. The Labute approximate surface area is 117 Å². The summed E-state index contributed by atoms with van der Waals surface area (Å²) in [5.41, 5.74) is 1.84. The van der Waals surface area contributed by atoms with Crippen LogP contribution in [-0.2, 0) is 4.79 Å². The number of anilines is 1. The second kappa shape index (κ2) is 6.19. The van der Waals surface area contributed by atoms with E-state index in [1.807, 2.05) is 31.2 Å². The summed E-state index contributed by atoms with van der Waals surface area (Å²) in [4.78, 5) is 12.0. The van der Waals surface area contributed by atoms with Gasteiger partial charge in [0.1, 0.15) is 11.6 Å². The third-order valence-electron chi connectivity index (χ3n) is 2.81. The van der Waals surface area contributed by atoms with Crippen molar-refractivity contribution in [1.82, 2.24) is 0 Å². The van der Waals surface area contributed by atoms with E-state index in [1.165, 1.54) is 24.3 Å². The molecule has 0 radical (unpaired) electrons. The molecule has 2 aromatic carbocycles. The number of carbonyl (C=O) groups excluding carboxylic acids is 1. The first-order valence-electron chi connectivity index (χ1n) is 6.34. The molecule has 1 atom stereocenters. The monoisotopic (exact) mass is 273 g/mol. The van der Waals surface area contributed by atoms with Crippen LogP contribution in [0.4, 0.5) is 10.1 Å². The first-order chi connectivity index (χ1) is 9.54. The number of benzene rings is 2. The number of ether oxygens (including phenoxy) is 1. The Kier molecular flexibility index (Phi) is 4.35. The molecule has 0 saturated carbocycles. The molecule has 4 heteroatoms. The van der Waals surface area contributed by atoms with E-state index in [1.54, 1.807) is 6.92 Å². The zero-order valence-corrected chi connectivity index (χ0v) is 11.4. The van der Waals surface area contributed by atoms with Gasteiger partial charge in [-0.05, 0) is 50.2 Å². The molecule has 1 N–H and O–H groups in total. The molecule has 0 bridgehead atoms. The molecule has 0 heterocycles. The summed E-state index contributed by atoms with van der Waals surface area (Å²) in [7, 11) is 0. The van der Waals surface area contributed by atoms with Crippen LogP contribution in [0.25, 0.3) is 0 Å². The predicted molar refractivity (Wildman–Crippen MR) is 76.3 cm³/mol. The van der Waals surface area contributed by atoms with E-state index in [0.717, 1.165) is 11.3 Å². The highest BCUT2D eigenvalue weighted by Gasteiger charge is 2.14. The summed E-state index contributed by atoms with van der Waals surface area (Å²) < 4.78 is 18.2. The fourth-order valence-corrected chi connectivity index (χ4v) is 1.65. The van der Waals surface area contributed by atoms with Gasteiger partial charge >= 0.3 is 0 Å². The lowest BCUT2D eigenvalue weighted by atomic mass is 10.2. The number of hydrogen-bond donors (Lipinski definition) is 1. The molecule has 0 aliphatic heterocycles. The van der Waals surface area contributed by atoms with Crippen molar-refractivity contribution in [2.45, 2.75) is 20.0 Å². The number of nitrogens with one attached hydrogen (secondary N) is 1. The highest BCUT2D eigenvalue weighted by molar-refractivity contribution is 5.94. The standard InChI is InChI=1S/C16H16FNO2/c1-11-3-7-14(8-4-11)18-16(19)12(2)20-15-9-5-13(17)6-10-15/h3-10,12H,1-2H3,(H,18,19). The van der Waals surface area contributed by atoms with Gasteiger partial charge in [-0.25, -0.2) is 4.39 Å². The highest BCUT2D eigenvalue weighted by Crippen LogP contribution is 2.14. The van der Waals surface area contributed by atoms with Crippen LogP contribution in [0.1, 0.15) is 12.5 Å². The van der Waals surface area contributed by atoms with Gasteiger partial charge in [-0.15, -0.1) is 0 Å². The molecular formula is C16H16FNO2. The Morgan fingerprint density at radius 2 is 1.70 bits per heavy atom. The maximum Gasteiger partial charge on any atom is 0.265 e. The maximum atomic E-state index is 12.8. The van der Waals surface area contributed by atoms with E-state index in [4.69, 9.17) is 4.74 Å². The van der Waals surface area contributed by atoms with Gasteiger partial charge in [-0.3, -0.25) is 4.79 Å². The molecule has 1 unspecified atom stereocenters. The zero-order valence-electron chi connectivity index (χ0n) is 11.4. The molecular weight excluding hydrogens is 257 g/mol. The maximum absolute atomic E-state index is 12.8. The van der Waals surface area contributed by atoms with Crippen LogP contribution in [0.5, 0.6) is 5.75 Å². The molecule has 0 spiro atoms. The molecule has 0 aromatic heterocycles. The number of carbonyl (C=O) groups is 1. The third-order valence-corrected chi connectivity index (χ3v) is 2.81. The minimum absolute atomic E-state index is 0.252. The molecule has 104 valence electrons. The predicted octanol–water partition coefficient (Wildman–Crippen LogP) is 3.54. The van der Waals surface area contributed by atoms with E-state index in [-0.39, 0.29) is 11.7 Å². The number of rotatable bonds is 4. The molecule has 3 nitrogen and oxygen atoms in total. The van der Waals surface area contributed by atoms with Crippen LogP contribution in [-0.4, -0.2) is 12.0 Å². The van der Waals surface area contributed by atoms with Crippen LogP contribution in [0.15, 0.2) is 48.5 Å². The van der Waals surface area contributed by atoms with Crippen molar-refractivity contribution in [3.8, 4) is 5.75 Å². The van der Waals surface area contributed by atoms with Crippen molar-refractivity contribution < 1.29 is 13.9 Å². The highest BCUT2D eigenvalue weighted by atomic mass is 19.1. The molecule has 0 aliphatic carbocycles. The number of aryl methyl sites for hydroxylation is 1. The minimum atomic E-state index is -0.665. The van der Waals surface area contributed by atoms with Crippen molar-refractivity contribution in [3.05, 3.63) is 59.9 Å². The van der Waals surface area contributed by atoms with E-state index in [9.17, 15) is 9.18 Å². The minimum Gasteiger partial charge on any atom is -0.481 e. The van der Waals surface area contributed by atoms with E-state index in [0.29, 0.717) is 5.75 Å². The normalized spacial score (nSPS) is 11.8. The number of amides is 1. The van der Waals surface area contributed by atoms with Crippen molar-refractivity contribution in [2.24, 2.45) is 0 Å². The van der Waals surface area contributed by atoms with Gasteiger partial charge < -0.3 is 10.1 Å². The SMILES string of the molecule is Cc1ccc(NC(=O)C(C)Oc2ccc(F)cc2)cc1. The molecule has 0 saturated heterocycles. The lowest BCUT2D eigenvalue weighted by molar-refractivity contribution is -0.122. The van der Waals surface area contributed by atoms with Gasteiger partial charge in [0.2, 0.25) is 0 Å². The second-order valence-electron chi connectivity index (χ2n) is 4.57. The Morgan fingerprint density at radius 3 is 2.30 bits per heavy atom. The van der Waals surface area contributed by atoms with Crippen LogP contribution in [0.2, 0.25) is 0 Å². The van der Waals surface area contributed by atoms with Crippen LogP contribution < -0.4 is 10.1 Å². The van der Waals surface area contributed by atoms with Crippen molar-refractivity contribution in [3.63, 3.8) is 0 Å². The molecule has 1 amide bonds. The molecule has 0 aliphatic rings. The summed E-state index contributed by atoms with van der Waals surface area (Å²) >= 11 is 0. The lowest BCUT2D eigenvalue weighted by Crippen LogP contribution is -2.30. The van der Waals surface area contributed by atoms with Crippen LogP contribution in [0, 0.1) is 12.7 Å². The first kappa shape index (κ1) is 14.1. The van der Waals surface area contributed by atoms with Crippen LogP contribution >= 0.6 is 0 Å². The first-order valence-corrected chi connectivity index (χ1v) is 6.34. The fourth-order valence-electron chi connectivity index (χ4n) is 1.65. The van der Waals surface area contributed by atoms with E-state index >= 15 is 0 Å². The molecule has 0 fully saturated rings. The Hall–Kier alpha value is -2.36. The summed E-state index contributed by atoms with van der Waals surface area (Å²) in [6.45, 7) is 3.62. The lowest BCUT2D eigenvalue weighted by Gasteiger charge is -2.14. The summed E-state index contributed by atoms with van der Waals surface area (Å²) in [6, 6.07) is 13.1. The summed E-state index contributed by atoms with van der Waals surface area (Å²) in [6.07, 6.45) is -0.665. The van der Waals surface area contributed by atoms with E-state index < -0.39 is 6.10 Å². The van der Waals surface area contributed by atoms with Gasteiger partial charge in [0.05, 0.1) is 0 Å². The van der Waals surface area contributed by atoms with Gasteiger partial charge in [0.15, 0.2) is 6.10 Å². The Bertz CT molecular complexity index is 578. The summed E-state index contributed by atoms with van der Waals surface area (Å²) in [5.74, 6) is -0.134. The largest absolute Gasteiger partial charge is 0.481 e. The topological polar surface area (TPSA) is 38.3 Å². The van der Waals surface area contributed by atoms with Crippen molar-refractivity contribution >= 4 is 11.6 Å². The van der Waals surface area contributed by atoms with Gasteiger partial charge in [0.25, 0.3) is 5.91 Å². The average Bonchev–Trinajstić information content (AvgIpc) is 2.44. The number of halogens is 1. The fraction of sp³-hybridized carbons (Fsp3) is 0.188. The Morgan fingerprint density at radius 1 is 1.10 bits per heavy atom. The molecule has 20 heavy (non-hydrogen) atoms. The van der Waals surface area contributed by atoms with Gasteiger partial charge in [0, 0.05) is 5.69 Å². The van der Waals surface area contributed by atoms with Crippen LogP contribution in [0.3, 0.4) is 0 Å². The van der Waals surface area contributed by atoms with Crippen molar-refractivity contribution in [1.29, 1.82) is 0 Å². The third kappa shape index (κ3) is 3.82. The second-order valence-corrected chi connectivity index (χ2v) is 4.57. The average molecular weight is 273 g/mol. The quantitative estimate of drug-likeness (QED) is 0.925. The van der Waals surface area contributed by atoms with Gasteiger partial charge in [-0.1, -0.05) is 17.7 Å². The van der Waals surface area contributed by atoms with E-state index in [2.05, 4.69) is 5.32 Å². The van der Waals surface area contributed by atoms with Crippen molar-refractivity contribution in [2.75, 3.05) is 5.32 Å². The zero-order chi connectivity index (χ0) is 14.5. The molecule has 2 aromatic rings. The number of hydrogen-bond acceptors (Lipinski definition) is 2. The smallest absolute Gasteiger partial charge is 0.265 e.